The normalized spacial score (nSPS) is 10.8. The summed E-state index contributed by atoms with van der Waals surface area (Å²) in [6, 6.07) is 1.79. The fourth-order valence-corrected chi connectivity index (χ4v) is 1.52. The highest BCUT2D eigenvalue weighted by Crippen LogP contribution is 2.22. The number of aryl methyl sites for hydroxylation is 1. The van der Waals surface area contributed by atoms with Crippen molar-refractivity contribution in [3.05, 3.63) is 29.0 Å². The Kier molecular flexibility index (Phi) is 1.77. The van der Waals surface area contributed by atoms with Gasteiger partial charge in [-0.25, -0.2) is 0 Å². The lowest BCUT2D eigenvalue weighted by molar-refractivity contribution is 1.14. The second-order valence-corrected chi connectivity index (χ2v) is 3.09. The van der Waals surface area contributed by atoms with Crippen molar-refractivity contribution in [2.45, 2.75) is 13.3 Å². The molecule has 0 saturated carbocycles. The summed E-state index contributed by atoms with van der Waals surface area (Å²) in [7, 11) is 0. The van der Waals surface area contributed by atoms with Gasteiger partial charge in [0.25, 0.3) is 0 Å². The molecular weight excluding hydrogens is 172 g/mol. The number of halogens is 1. The van der Waals surface area contributed by atoms with Gasteiger partial charge in [0, 0.05) is 12.4 Å². The van der Waals surface area contributed by atoms with Gasteiger partial charge in [-0.3, -0.25) is 4.98 Å². The average molecular weight is 181 g/mol. The number of nitrogens with zero attached hydrogens (tertiary/aromatic N) is 1. The Balaban J connectivity index is 2.80. The largest absolute Gasteiger partial charge is 0.358 e. The number of hydrogen-bond donors (Lipinski definition) is 1. The van der Waals surface area contributed by atoms with E-state index in [-0.39, 0.29) is 0 Å². The summed E-state index contributed by atoms with van der Waals surface area (Å²) in [6.07, 6.45) is 4.68. The number of aromatic amines is 1. The van der Waals surface area contributed by atoms with Crippen LogP contribution in [0.3, 0.4) is 0 Å². The Morgan fingerprint density at radius 2 is 2.42 bits per heavy atom. The first kappa shape index (κ1) is 7.62. The van der Waals surface area contributed by atoms with Crippen LogP contribution in [0.4, 0.5) is 0 Å². The zero-order valence-corrected chi connectivity index (χ0v) is 7.52. The van der Waals surface area contributed by atoms with Gasteiger partial charge in [-0.2, -0.15) is 0 Å². The first-order valence-corrected chi connectivity index (χ1v) is 4.31. The Morgan fingerprint density at radius 3 is 3.17 bits per heavy atom. The van der Waals surface area contributed by atoms with Crippen molar-refractivity contribution in [2.75, 3.05) is 0 Å². The van der Waals surface area contributed by atoms with Gasteiger partial charge in [0.2, 0.25) is 0 Å². The van der Waals surface area contributed by atoms with Crippen LogP contribution in [0.5, 0.6) is 0 Å². The molecule has 0 spiro atoms. The van der Waals surface area contributed by atoms with E-state index in [2.05, 4.69) is 16.9 Å². The first-order chi connectivity index (χ1) is 5.83. The zero-order chi connectivity index (χ0) is 8.55. The van der Waals surface area contributed by atoms with E-state index in [1.807, 2.05) is 6.20 Å². The molecule has 62 valence electrons. The minimum absolute atomic E-state index is 0.736. The highest BCUT2D eigenvalue weighted by molar-refractivity contribution is 6.34. The smallest absolute Gasteiger partial charge is 0.0925 e. The topological polar surface area (TPSA) is 28.7 Å². The summed E-state index contributed by atoms with van der Waals surface area (Å²) < 4.78 is 0. The van der Waals surface area contributed by atoms with Gasteiger partial charge in [-0.15, -0.1) is 0 Å². The van der Waals surface area contributed by atoms with Gasteiger partial charge >= 0.3 is 0 Å². The number of pyridine rings is 1. The van der Waals surface area contributed by atoms with E-state index < -0.39 is 0 Å². The van der Waals surface area contributed by atoms with E-state index in [0.717, 1.165) is 22.5 Å². The van der Waals surface area contributed by atoms with Crippen LogP contribution in [0.2, 0.25) is 5.02 Å². The van der Waals surface area contributed by atoms with Crippen molar-refractivity contribution in [3.8, 4) is 0 Å². The van der Waals surface area contributed by atoms with Gasteiger partial charge in [0.1, 0.15) is 0 Å². The lowest BCUT2D eigenvalue weighted by Crippen LogP contribution is -1.79. The third-order valence-corrected chi connectivity index (χ3v) is 2.29. The third kappa shape index (κ3) is 0.994. The van der Waals surface area contributed by atoms with Crippen molar-refractivity contribution in [3.63, 3.8) is 0 Å². The summed E-state index contributed by atoms with van der Waals surface area (Å²) in [4.78, 5) is 7.37. The maximum atomic E-state index is 5.96. The Morgan fingerprint density at radius 1 is 1.58 bits per heavy atom. The second-order valence-electron chi connectivity index (χ2n) is 2.68. The van der Waals surface area contributed by atoms with Crippen LogP contribution in [0.15, 0.2) is 18.5 Å². The molecule has 0 amide bonds. The summed E-state index contributed by atoms with van der Waals surface area (Å²) in [5.41, 5.74) is 3.15. The molecular formula is C9H9ClN2. The molecule has 0 aliphatic carbocycles. The van der Waals surface area contributed by atoms with Crippen LogP contribution in [0.1, 0.15) is 12.5 Å². The molecule has 12 heavy (non-hydrogen) atoms. The predicted octanol–water partition coefficient (Wildman–Crippen LogP) is 2.78. The molecule has 2 aromatic heterocycles. The van der Waals surface area contributed by atoms with Gasteiger partial charge in [0.15, 0.2) is 0 Å². The van der Waals surface area contributed by atoms with Crippen molar-refractivity contribution < 1.29 is 0 Å². The monoisotopic (exact) mass is 180 g/mol. The number of H-pyrrole nitrogens is 1. The molecule has 0 aliphatic heterocycles. The minimum atomic E-state index is 0.736. The molecule has 0 radical (unpaired) electrons. The maximum Gasteiger partial charge on any atom is 0.0925 e. The Hall–Kier alpha value is -1.02. The number of nitrogens with one attached hydrogen (secondary N) is 1. The van der Waals surface area contributed by atoms with E-state index >= 15 is 0 Å². The fourth-order valence-electron chi connectivity index (χ4n) is 1.32. The van der Waals surface area contributed by atoms with E-state index in [9.17, 15) is 0 Å². The van der Waals surface area contributed by atoms with Crippen molar-refractivity contribution in [1.82, 2.24) is 9.97 Å². The SMILES string of the molecule is CCc1c[nH]c2c(Cl)ccnc12. The average Bonchev–Trinajstić information content (AvgIpc) is 2.49. The number of fused-ring (bicyclic) bond motifs is 1. The molecule has 0 aliphatic rings. The van der Waals surface area contributed by atoms with Gasteiger partial charge in [-0.1, -0.05) is 18.5 Å². The van der Waals surface area contributed by atoms with Crippen LogP contribution in [0.25, 0.3) is 11.0 Å². The van der Waals surface area contributed by atoms with Crippen LogP contribution in [0, 0.1) is 0 Å². The van der Waals surface area contributed by atoms with Crippen molar-refractivity contribution in [2.24, 2.45) is 0 Å². The molecule has 2 heterocycles. The third-order valence-electron chi connectivity index (χ3n) is 1.98. The molecule has 0 atom stereocenters. The zero-order valence-electron chi connectivity index (χ0n) is 6.76. The standard InChI is InChI=1S/C9H9ClN2/c1-2-6-5-12-9-7(10)3-4-11-8(6)9/h3-5,12H,2H2,1H3. The van der Waals surface area contributed by atoms with Crippen molar-refractivity contribution in [1.29, 1.82) is 0 Å². The molecule has 2 nitrogen and oxygen atoms in total. The van der Waals surface area contributed by atoms with E-state index in [1.54, 1.807) is 12.3 Å². The van der Waals surface area contributed by atoms with E-state index in [0.29, 0.717) is 0 Å². The molecule has 2 aromatic rings. The Bertz CT molecular complexity index is 406. The molecule has 0 bridgehead atoms. The second kappa shape index (κ2) is 2.79. The summed E-state index contributed by atoms with van der Waals surface area (Å²) in [5.74, 6) is 0. The molecule has 1 N–H and O–H groups in total. The molecule has 0 unspecified atom stereocenters. The van der Waals surface area contributed by atoms with Crippen LogP contribution < -0.4 is 0 Å². The fraction of sp³-hybridized carbons (Fsp3) is 0.222. The molecule has 0 fully saturated rings. The lowest BCUT2D eigenvalue weighted by atomic mass is 10.2. The molecule has 0 saturated heterocycles. The maximum absolute atomic E-state index is 5.96. The van der Waals surface area contributed by atoms with Gasteiger partial charge in [0.05, 0.1) is 16.1 Å². The Labute approximate surface area is 75.6 Å². The number of hydrogen-bond acceptors (Lipinski definition) is 1. The van der Waals surface area contributed by atoms with Gasteiger partial charge < -0.3 is 4.98 Å². The first-order valence-electron chi connectivity index (χ1n) is 3.93. The minimum Gasteiger partial charge on any atom is -0.358 e. The summed E-state index contributed by atoms with van der Waals surface area (Å²) in [6.45, 7) is 2.10. The highest BCUT2D eigenvalue weighted by atomic mass is 35.5. The number of aromatic nitrogens is 2. The van der Waals surface area contributed by atoms with E-state index in [4.69, 9.17) is 11.6 Å². The molecule has 0 aromatic carbocycles. The van der Waals surface area contributed by atoms with Crippen LogP contribution in [-0.2, 0) is 6.42 Å². The van der Waals surface area contributed by atoms with Gasteiger partial charge in [-0.05, 0) is 18.1 Å². The predicted molar refractivity (Wildman–Crippen MR) is 50.5 cm³/mol. The number of rotatable bonds is 1. The summed E-state index contributed by atoms with van der Waals surface area (Å²) >= 11 is 5.96. The summed E-state index contributed by atoms with van der Waals surface area (Å²) in [5, 5.41) is 0.736. The lowest BCUT2D eigenvalue weighted by Gasteiger charge is -1.93. The highest BCUT2D eigenvalue weighted by Gasteiger charge is 2.04. The van der Waals surface area contributed by atoms with Crippen molar-refractivity contribution >= 4 is 22.6 Å². The molecule has 3 heteroatoms. The quantitative estimate of drug-likeness (QED) is 0.719. The van der Waals surface area contributed by atoms with E-state index in [1.165, 1.54) is 5.56 Å². The van der Waals surface area contributed by atoms with Crippen LogP contribution >= 0.6 is 11.6 Å². The van der Waals surface area contributed by atoms with Crippen LogP contribution in [-0.4, -0.2) is 9.97 Å². The molecule has 2 rings (SSSR count).